The minimum absolute atomic E-state index is 0.00603. The molecule has 5 nitrogen and oxygen atoms in total. The van der Waals surface area contributed by atoms with Crippen molar-refractivity contribution in [2.75, 3.05) is 33.7 Å². The largest absolute Gasteiger partial charge is 0.388 e. The molecular formula is C16H25N3O2. The number of β-amino-alcohol motifs (C(OH)–C–C–N with tert-alkyl or cyclic N) is 1. The molecular weight excluding hydrogens is 266 g/mol. The Balaban J connectivity index is 1.86. The number of likely N-dealkylation sites (tertiary alicyclic amines) is 1. The number of pyridine rings is 1. The van der Waals surface area contributed by atoms with Crippen LogP contribution < -0.4 is 0 Å². The molecule has 1 saturated heterocycles. The lowest BCUT2D eigenvalue weighted by molar-refractivity contribution is -0.136. The molecule has 21 heavy (non-hydrogen) atoms. The van der Waals surface area contributed by atoms with E-state index in [2.05, 4.69) is 9.88 Å². The summed E-state index contributed by atoms with van der Waals surface area (Å²) in [6.07, 6.45) is 6.41. The summed E-state index contributed by atoms with van der Waals surface area (Å²) in [5, 5.41) is 10.7. The van der Waals surface area contributed by atoms with Crippen molar-refractivity contribution < 1.29 is 9.90 Å². The predicted octanol–water partition coefficient (Wildman–Crippen LogP) is 0.929. The third-order valence-corrected chi connectivity index (χ3v) is 4.08. The van der Waals surface area contributed by atoms with Gasteiger partial charge in [-0.25, -0.2) is 0 Å². The summed E-state index contributed by atoms with van der Waals surface area (Å²) >= 11 is 0. The van der Waals surface area contributed by atoms with Crippen LogP contribution in [0, 0.1) is 0 Å². The SMILES string of the molecule is CN(C)C(=O)CC1(O)CCCN(CCc2ccncc2)C1. The van der Waals surface area contributed by atoms with Gasteiger partial charge in [-0.2, -0.15) is 0 Å². The van der Waals surface area contributed by atoms with Gasteiger partial charge in [-0.05, 0) is 43.5 Å². The molecule has 1 unspecified atom stereocenters. The fourth-order valence-corrected chi connectivity index (χ4v) is 2.82. The lowest BCUT2D eigenvalue weighted by Crippen LogP contribution is -2.50. The summed E-state index contributed by atoms with van der Waals surface area (Å²) in [4.78, 5) is 19.7. The number of carbonyl (C=O) groups excluding carboxylic acids is 1. The summed E-state index contributed by atoms with van der Waals surface area (Å²) in [5.41, 5.74) is 0.376. The van der Waals surface area contributed by atoms with Crippen LogP contribution >= 0.6 is 0 Å². The number of nitrogens with zero attached hydrogens (tertiary/aromatic N) is 3. The molecule has 1 aliphatic rings. The standard InChI is InChI=1S/C16H25N3O2/c1-18(2)15(20)12-16(21)7-3-10-19(13-16)11-6-14-4-8-17-9-5-14/h4-5,8-9,21H,3,6-7,10-13H2,1-2H3. The molecule has 2 rings (SSSR count). The summed E-state index contributed by atoms with van der Waals surface area (Å²) in [7, 11) is 3.46. The van der Waals surface area contributed by atoms with E-state index in [1.165, 1.54) is 5.56 Å². The molecule has 2 heterocycles. The fraction of sp³-hybridized carbons (Fsp3) is 0.625. The molecule has 1 N–H and O–H groups in total. The first-order valence-corrected chi connectivity index (χ1v) is 7.52. The normalized spacial score (nSPS) is 23.0. The van der Waals surface area contributed by atoms with Gasteiger partial charge in [0.25, 0.3) is 0 Å². The first-order valence-electron chi connectivity index (χ1n) is 7.52. The highest BCUT2D eigenvalue weighted by Gasteiger charge is 2.35. The first kappa shape index (κ1) is 15.9. The Bertz CT molecular complexity index is 464. The zero-order valence-corrected chi connectivity index (χ0v) is 13.0. The van der Waals surface area contributed by atoms with E-state index in [-0.39, 0.29) is 12.3 Å². The Morgan fingerprint density at radius 2 is 2.14 bits per heavy atom. The number of hydrogen-bond donors (Lipinski definition) is 1. The smallest absolute Gasteiger partial charge is 0.224 e. The summed E-state index contributed by atoms with van der Waals surface area (Å²) < 4.78 is 0. The van der Waals surface area contributed by atoms with E-state index in [0.717, 1.165) is 25.9 Å². The minimum atomic E-state index is -0.877. The lowest BCUT2D eigenvalue weighted by Gasteiger charge is -2.39. The number of hydrogen-bond acceptors (Lipinski definition) is 4. The van der Waals surface area contributed by atoms with E-state index in [4.69, 9.17) is 0 Å². The number of aliphatic hydroxyl groups is 1. The van der Waals surface area contributed by atoms with Gasteiger partial charge in [-0.15, -0.1) is 0 Å². The van der Waals surface area contributed by atoms with E-state index in [1.807, 2.05) is 12.1 Å². The van der Waals surface area contributed by atoms with Gasteiger partial charge in [0.15, 0.2) is 0 Å². The van der Waals surface area contributed by atoms with Crippen molar-refractivity contribution in [1.82, 2.24) is 14.8 Å². The Kier molecular flexibility index (Phi) is 5.31. The summed E-state index contributed by atoms with van der Waals surface area (Å²) in [5.74, 6) is -0.00603. The number of carbonyl (C=O) groups is 1. The molecule has 116 valence electrons. The van der Waals surface area contributed by atoms with Gasteiger partial charge in [0.05, 0.1) is 12.0 Å². The average Bonchev–Trinajstić information content (AvgIpc) is 2.46. The molecule has 1 fully saturated rings. The summed E-state index contributed by atoms with van der Waals surface area (Å²) in [6, 6.07) is 4.04. The van der Waals surface area contributed by atoms with Crippen LogP contribution in [0.15, 0.2) is 24.5 Å². The Morgan fingerprint density at radius 1 is 1.43 bits per heavy atom. The second-order valence-electron chi connectivity index (χ2n) is 6.17. The molecule has 1 aromatic heterocycles. The van der Waals surface area contributed by atoms with Crippen molar-refractivity contribution in [3.63, 3.8) is 0 Å². The molecule has 0 radical (unpaired) electrons. The van der Waals surface area contributed by atoms with Gasteiger partial charge in [-0.3, -0.25) is 9.78 Å². The second-order valence-corrected chi connectivity index (χ2v) is 6.17. The maximum absolute atomic E-state index is 11.8. The van der Waals surface area contributed by atoms with Crippen molar-refractivity contribution in [1.29, 1.82) is 0 Å². The van der Waals surface area contributed by atoms with Crippen LogP contribution in [0.25, 0.3) is 0 Å². The Hall–Kier alpha value is -1.46. The third-order valence-electron chi connectivity index (χ3n) is 4.08. The van der Waals surface area contributed by atoms with Crippen LogP contribution in [0.2, 0.25) is 0 Å². The molecule has 1 atom stereocenters. The van der Waals surface area contributed by atoms with Gasteiger partial charge in [0.2, 0.25) is 5.91 Å². The highest BCUT2D eigenvalue weighted by atomic mass is 16.3. The highest BCUT2D eigenvalue weighted by molar-refractivity contribution is 5.76. The number of aromatic nitrogens is 1. The Labute approximate surface area is 126 Å². The van der Waals surface area contributed by atoms with Crippen LogP contribution in [0.3, 0.4) is 0 Å². The molecule has 0 spiro atoms. The first-order chi connectivity index (χ1) is 9.98. The van der Waals surface area contributed by atoms with E-state index >= 15 is 0 Å². The van der Waals surface area contributed by atoms with Gasteiger partial charge in [0.1, 0.15) is 0 Å². The lowest BCUT2D eigenvalue weighted by atomic mass is 9.89. The Morgan fingerprint density at radius 3 is 2.81 bits per heavy atom. The molecule has 0 bridgehead atoms. The van der Waals surface area contributed by atoms with Gasteiger partial charge in [0, 0.05) is 39.6 Å². The molecule has 1 amide bonds. The van der Waals surface area contributed by atoms with E-state index in [1.54, 1.807) is 31.4 Å². The van der Waals surface area contributed by atoms with Crippen LogP contribution in [0.5, 0.6) is 0 Å². The number of amides is 1. The third kappa shape index (κ3) is 4.79. The van der Waals surface area contributed by atoms with Crippen LogP contribution in [0.4, 0.5) is 0 Å². The fourth-order valence-electron chi connectivity index (χ4n) is 2.82. The zero-order chi connectivity index (χ0) is 15.3. The minimum Gasteiger partial charge on any atom is -0.388 e. The van der Waals surface area contributed by atoms with Crippen LogP contribution in [0.1, 0.15) is 24.8 Å². The monoisotopic (exact) mass is 291 g/mol. The van der Waals surface area contributed by atoms with Gasteiger partial charge < -0.3 is 14.9 Å². The molecule has 0 aromatic carbocycles. The maximum Gasteiger partial charge on any atom is 0.224 e. The van der Waals surface area contributed by atoms with Gasteiger partial charge in [-0.1, -0.05) is 0 Å². The highest BCUT2D eigenvalue weighted by Crippen LogP contribution is 2.25. The predicted molar refractivity (Wildman–Crippen MR) is 81.9 cm³/mol. The molecule has 0 aliphatic carbocycles. The second kappa shape index (κ2) is 7.00. The number of rotatable bonds is 5. The van der Waals surface area contributed by atoms with Gasteiger partial charge >= 0.3 is 0 Å². The number of piperidine rings is 1. The van der Waals surface area contributed by atoms with Crippen LogP contribution in [-0.2, 0) is 11.2 Å². The topological polar surface area (TPSA) is 56.7 Å². The zero-order valence-electron chi connectivity index (χ0n) is 13.0. The van der Waals surface area contributed by atoms with Crippen molar-refractivity contribution in [3.8, 4) is 0 Å². The molecule has 1 aromatic rings. The van der Waals surface area contributed by atoms with Crippen molar-refractivity contribution in [2.45, 2.75) is 31.3 Å². The molecule has 5 heteroatoms. The maximum atomic E-state index is 11.8. The van der Waals surface area contributed by atoms with Crippen molar-refractivity contribution in [3.05, 3.63) is 30.1 Å². The summed E-state index contributed by atoms with van der Waals surface area (Å²) in [6.45, 7) is 2.48. The van der Waals surface area contributed by atoms with E-state index in [0.29, 0.717) is 13.0 Å². The van der Waals surface area contributed by atoms with Crippen LogP contribution in [-0.4, -0.2) is 65.1 Å². The average molecular weight is 291 g/mol. The molecule has 0 saturated carbocycles. The van der Waals surface area contributed by atoms with Crippen molar-refractivity contribution >= 4 is 5.91 Å². The van der Waals surface area contributed by atoms with E-state index < -0.39 is 5.60 Å². The quantitative estimate of drug-likeness (QED) is 0.877. The van der Waals surface area contributed by atoms with E-state index in [9.17, 15) is 9.90 Å². The molecule has 1 aliphatic heterocycles. The van der Waals surface area contributed by atoms with Crippen molar-refractivity contribution in [2.24, 2.45) is 0 Å².